The number of hydrogen-bond donors (Lipinski definition) is 2. The minimum atomic E-state index is -4.39. The summed E-state index contributed by atoms with van der Waals surface area (Å²) in [5, 5.41) is 6.43. The third-order valence-corrected chi connectivity index (χ3v) is 6.53. The molecule has 14 heteroatoms. The molecule has 1 amide bonds. The van der Waals surface area contributed by atoms with Gasteiger partial charge in [0.25, 0.3) is 11.7 Å². The van der Waals surface area contributed by atoms with Crippen LogP contribution in [0.5, 0.6) is 17.2 Å². The van der Waals surface area contributed by atoms with Crippen LogP contribution in [0.2, 0.25) is 0 Å². The molecule has 0 saturated heterocycles. The van der Waals surface area contributed by atoms with Gasteiger partial charge in [0.15, 0.2) is 5.76 Å². The van der Waals surface area contributed by atoms with Crippen LogP contribution < -0.4 is 20.1 Å². The Morgan fingerprint density at radius 1 is 1.00 bits per heavy atom. The first-order valence-electron chi connectivity index (χ1n) is 12.7. The Kier molecular flexibility index (Phi) is 8.08. The van der Waals surface area contributed by atoms with Crippen LogP contribution in [0.3, 0.4) is 0 Å². The second-order valence-electron chi connectivity index (χ2n) is 9.25. The minimum Gasteiger partial charge on any atom is -0.492 e. The van der Waals surface area contributed by atoms with E-state index in [1.54, 1.807) is 62.3 Å². The Hall–Kier alpha value is -4.95. The summed E-state index contributed by atoms with van der Waals surface area (Å²) in [7, 11) is -1.02. The van der Waals surface area contributed by atoms with Crippen molar-refractivity contribution in [3.8, 4) is 17.2 Å². The number of benzene rings is 3. The standard InChI is InChI=1S/C28H26FN5O7S/c1-4-38-24-14-22-21(13-23(24)33-28(35)26-25(15-34(2)3)40-42(36,37)41-26)27(31-16-30-22)32-18-7-11-20(12-8-18)39-19-9-5-17(29)6-10-19/h5-14,16H,4,15H2,1-3H3,(H,33,35)(H,30,31,32). The van der Waals surface area contributed by atoms with Gasteiger partial charge in [-0.25, -0.2) is 14.4 Å². The van der Waals surface area contributed by atoms with Crippen molar-refractivity contribution < 1.29 is 35.4 Å². The minimum absolute atomic E-state index is 0.0215. The molecule has 0 bridgehead atoms. The normalized spacial score (nSPS) is 13.9. The lowest BCUT2D eigenvalue weighted by Gasteiger charge is -2.15. The van der Waals surface area contributed by atoms with E-state index in [4.69, 9.17) is 17.8 Å². The lowest BCUT2D eigenvalue weighted by atomic mass is 10.1. The zero-order valence-electron chi connectivity index (χ0n) is 22.8. The van der Waals surface area contributed by atoms with Crippen molar-refractivity contribution in [2.45, 2.75) is 6.92 Å². The number of fused-ring (bicyclic) bond motifs is 1. The van der Waals surface area contributed by atoms with Crippen molar-refractivity contribution in [1.29, 1.82) is 0 Å². The van der Waals surface area contributed by atoms with Crippen LogP contribution in [0, 0.1) is 5.82 Å². The van der Waals surface area contributed by atoms with Gasteiger partial charge in [0.2, 0.25) is 0 Å². The van der Waals surface area contributed by atoms with E-state index in [-0.39, 0.29) is 23.8 Å². The molecule has 5 rings (SSSR count). The smallest absolute Gasteiger partial charge is 0.492 e. The predicted molar refractivity (Wildman–Crippen MR) is 152 cm³/mol. The number of aromatic nitrogens is 2. The molecule has 4 aromatic rings. The van der Waals surface area contributed by atoms with Gasteiger partial charge in [-0.3, -0.25) is 4.79 Å². The third-order valence-electron chi connectivity index (χ3n) is 5.76. The Balaban J connectivity index is 1.42. The highest BCUT2D eigenvalue weighted by Gasteiger charge is 2.36. The van der Waals surface area contributed by atoms with E-state index in [2.05, 4.69) is 20.6 Å². The number of carbonyl (C=O) groups is 1. The van der Waals surface area contributed by atoms with E-state index in [1.165, 1.54) is 30.6 Å². The maximum absolute atomic E-state index is 13.2. The average Bonchev–Trinajstić information content (AvgIpc) is 3.25. The number of carbonyl (C=O) groups excluding carboxylic acids is 1. The summed E-state index contributed by atoms with van der Waals surface area (Å²) in [4.78, 5) is 23.5. The van der Waals surface area contributed by atoms with Crippen molar-refractivity contribution in [2.24, 2.45) is 0 Å². The first-order valence-corrected chi connectivity index (χ1v) is 14.0. The molecule has 3 aromatic carbocycles. The molecule has 0 aliphatic carbocycles. The maximum atomic E-state index is 13.2. The molecule has 218 valence electrons. The predicted octanol–water partition coefficient (Wildman–Crippen LogP) is 4.71. The molecular formula is C28H26FN5O7S. The van der Waals surface area contributed by atoms with Crippen LogP contribution in [0.4, 0.5) is 21.6 Å². The van der Waals surface area contributed by atoms with E-state index in [1.807, 2.05) is 0 Å². The van der Waals surface area contributed by atoms with E-state index in [9.17, 15) is 17.6 Å². The van der Waals surface area contributed by atoms with Gasteiger partial charge >= 0.3 is 10.4 Å². The zero-order chi connectivity index (χ0) is 29.9. The Bertz CT molecular complexity index is 1760. The Labute approximate surface area is 241 Å². The molecule has 42 heavy (non-hydrogen) atoms. The molecule has 0 saturated carbocycles. The van der Waals surface area contributed by atoms with E-state index in [0.29, 0.717) is 46.3 Å². The molecule has 12 nitrogen and oxygen atoms in total. The summed E-state index contributed by atoms with van der Waals surface area (Å²) in [5.74, 6) is -0.0235. The topological polar surface area (TPSA) is 141 Å². The van der Waals surface area contributed by atoms with Crippen LogP contribution in [-0.2, 0) is 23.6 Å². The largest absolute Gasteiger partial charge is 0.501 e. The number of ether oxygens (including phenoxy) is 2. The molecule has 1 aromatic heterocycles. The van der Waals surface area contributed by atoms with Gasteiger partial charge in [-0.2, -0.15) is 0 Å². The molecule has 0 atom stereocenters. The van der Waals surface area contributed by atoms with Crippen molar-refractivity contribution in [3.05, 3.63) is 84.3 Å². The average molecular weight is 596 g/mol. The molecule has 0 radical (unpaired) electrons. The lowest BCUT2D eigenvalue weighted by molar-refractivity contribution is -0.114. The van der Waals surface area contributed by atoms with Gasteiger partial charge in [0.1, 0.15) is 35.2 Å². The second kappa shape index (κ2) is 11.9. The lowest BCUT2D eigenvalue weighted by Crippen LogP contribution is -2.20. The fraction of sp³-hybridized carbons (Fsp3) is 0.179. The number of nitrogens with zero attached hydrogens (tertiary/aromatic N) is 3. The van der Waals surface area contributed by atoms with E-state index in [0.717, 1.165) is 0 Å². The van der Waals surface area contributed by atoms with Crippen molar-refractivity contribution in [3.63, 3.8) is 0 Å². The first kappa shape index (κ1) is 28.6. The highest BCUT2D eigenvalue weighted by Crippen LogP contribution is 2.35. The molecule has 0 fully saturated rings. The SMILES string of the molecule is CCOc1cc2ncnc(Nc3ccc(Oc4ccc(F)cc4)cc3)c2cc1NC(=O)C1=C(CN(C)C)OS(=O)(=O)O1. The number of anilines is 3. The number of hydrogen-bond acceptors (Lipinski definition) is 11. The van der Waals surface area contributed by atoms with Gasteiger partial charge in [0.05, 0.1) is 24.4 Å². The van der Waals surface area contributed by atoms with Crippen LogP contribution >= 0.6 is 0 Å². The molecular weight excluding hydrogens is 569 g/mol. The summed E-state index contributed by atoms with van der Waals surface area (Å²) in [6.07, 6.45) is 1.39. The van der Waals surface area contributed by atoms with Crippen molar-refractivity contribution >= 4 is 44.4 Å². The van der Waals surface area contributed by atoms with E-state index >= 15 is 0 Å². The second-order valence-corrected chi connectivity index (χ2v) is 10.4. The number of amides is 1. The van der Waals surface area contributed by atoms with Crippen LogP contribution in [-0.4, -0.2) is 56.4 Å². The molecule has 0 unspecified atom stereocenters. The van der Waals surface area contributed by atoms with Gasteiger partial charge in [-0.05, 0) is 75.6 Å². The van der Waals surface area contributed by atoms with Gasteiger partial charge in [0, 0.05) is 17.1 Å². The van der Waals surface area contributed by atoms with E-state index < -0.39 is 22.1 Å². The molecule has 2 N–H and O–H groups in total. The number of rotatable bonds is 10. The highest BCUT2D eigenvalue weighted by atomic mass is 32.3. The summed E-state index contributed by atoms with van der Waals surface area (Å²) in [6.45, 7) is 2.09. The maximum Gasteiger partial charge on any atom is 0.501 e. The molecule has 2 heterocycles. The number of halogens is 1. The highest BCUT2D eigenvalue weighted by molar-refractivity contribution is 7.82. The number of nitrogens with one attached hydrogen (secondary N) is 2. The Morgan fingerprint density at radius 3 is 2.36 bits per heavy atom. The van der Waals surface area contributed by atoms with Crippen LogP contribution in [0.1, 0.15) is 6.92 Å². The van der Waals surface area contributed by atoms with Crippen LogP contribution in [0.15, 0.2) is 78.5 Å². The zero-order valence-corrected chi connectivity index (χ0v) is 23.6. The van der Waals surface area contributed by atoms with Gasteiger partial charge in [-0.15, -0.1) is 8.42 Å². The van der Waals surface area contributed by atoms with Gasteiger partial charge < -0.3 is 33.4 Å². The number of likely N-dealkylation sites (N-methyl/N-ethyl adjacent to an activating group) is 1. The van der Waals surface area contributed by atoms with Crippen molar-refractivity contribution in [2.75, 3.05) is 37.9 Å². The monoisotopic (exact) mass is 595 g/mol. The summed E-state index contributed by atoms with van der Waals surface area (Å²) in [5.41, 5.74) is 1.45. The summed E-state index contributed by atoms with van der Waals surface area (Å²) >= 11 is 0. The third kappa shape index (κ3) is 6.67. The molecule has 0 spiro atoms. The van der Waals surface area contributed by atoms with Gasteiger partial charge in [-0.1, -0.05) is 0 Å². The van der Waals surface area contributed by atoms with Crippen molar-refractivity contribution in [1.82, 2.24) is 14.9 Å². The molecule has 1 aliphatic rings. The fourth-order valence-electron chi connectivity index (χ4n) is 3.99. The summed E-state index contributed by atoms with van der Waals surface area (Å²) < 4.78 is 58.1. The summed E-state index contributed by atoms with van der Waals surface area (Å²) in [6, 6.07) is 16.0. The quantitative estimate of drug-likeness (QED) is 0.263. The molecule has 1 aliphatic heterocycles. The van der Waals surface area contributed by atoms with Crippen LogP contribution in [0.25, 0.3) is 10.9 Å². The first-order chi connectivity index (χ1) is 20.1. The Morgan fingerprint density at radius 2 is 1.69 bits per heavy atom. The fourth-order valence-corrected chi connectivity index (χ4v) is 4.77.